The first kappa shape index (κ1) is 32.7. The normalized spacial score (nSPS) is 16.8. The molecule has 0 bridgehead atoms. The highest BCUT2D eigenvalue weighted by Gasteiger charge is 2.49. The van der Waals surface area contributed by atoms with Crippen LogP contribution >= 0.6 is 0 Å². The zero-order chi connectivity index (χ0) is 35.1. The second-order valence-corrected chi connectivity index (χ2v) is 14.2. The molecule has 1 atom stereocenters. The van der Waals surface area contributed by atoms with Crippen molar-refractivity contribution in [2.75, 3.05) is 4.90 Å². The van der Waals surface area contributed by atoms with Gasteiger partial charge >= 0.3 is 0 Å². The molecule has 1 amide bonds. The lowest BCUT2D eigenvalue weighted by Crippen LogP contribution is -2.56. The van der Waals surface area contributed by atoms with Crippen LogP contribution in [0.1, 0.15) is 76.5 Å². The number of carbonyl (C=O) groups is 1. The van der Waals surface area contributed by atoms with Gasteiger partial charge in [-0.3, -0.25) is 14.9 Å². The molecule has 0 fully saturated rings. The zero-order valence-corrected chi connectivity index (χ0v) is 28.8. The SMILES string of the molecule is Cc1ccc([C@]2(C)CC(C)(C)N(C(=O)c3ccc([N+](=O)[O-])cc3)c3ccc(C(c4ccccc4)(c4ccccc4)c4ccccc4)cc32)cc1. The zero-order valence-electron chi connectivity index (χ0n) is 28.8. The number of hydrogen-bond donors (Lipinski definition) is 0. The van der Waals surface area contributed by atoms with Gasteiger partial charge in [-0.15, -0.1) is 0 Å². The number of non-ortho nitro benzene ring substituents is 1. The van der Waals surface area contributed by atoms with E-state index in [0.29, 0.717) is 12.0 Å². The van der Waals surface area contributed by atoms with Gasteiger partial charge in [0.1, 0.15) is 0 Å². The van der Waals surface area contributed by atoms with Crippen LogP contribution in [-0.4, -0.2) is 16.4 Å². The lowest BCUT2D eigenvalue weighted by molar-refractivity contribution is -0.384. The van der Waals surface area contributed by atoms with Crippen LogP contribution in [0, 0.1) is 17.0 Å². The minimum absolute atomic E-state index is 0.0458. The summed E-state index contributed by atoms with van der Waals surface area (Å²) >= 11 is 0. The molecule has 0 aromatic heterocycles. The van der Waals surface area contributed by atoms with Crippen LogP contribution in [0.5, 0.6) is 0 Å². The molecule has 1 aliphatic rings. The molecule has 6 aromatic rings. The van der Waals surface area contributed by atoms with Crippen LogP contribution in [0.15, 0.2) is 158 Å². The second-order valence-electron chi connectivity index (χ2n) is 14.2. The van der Waals surface area contributed by atoms with Gasteiger partial charge in [0.2, 0.25) is 0 Å². The van der Waals surface area contributed by atoms with Gasteiger partial charge in [0.15, 0.2) is 0 Å². The van der Waals surface area contributed by atoms with Crippen molar-refractivity contribution in [3.63, 3.8) is 0 Å². The van der Waals surface area contributed by atoms with Crippen molar-refractivity contribution in [1.82, 2.24) is 0 Å². The van der Waals surface area contributed by atoms with Gasteiger partial charge in [-0.25, -0.2) is 0 Å². The molecule has 0 saturated heterocycles. The quantitative estimate of drug-likeness (QED) is 0.0976. The van der Waals surface area contributed by atoms with E-state index < -0.39 is 21.3 Å². The van der Waals surface area contributed by atoms with Crippen LogP contribution in [0.2, 0.25) is 0 Å². The third kappa shape index (κ3) is 5.39. The highest BCUT2D eigenvalue weighted by atomic mass is 16.6. The van der Waals surface area contributed by atoms with E-state index in [1.54, 1.807) is 12.1 Å². The predicted molar refractivity (Wildman–Crippen MR) is 201 cm³/mol. The summed E-state index contributed by atoms with van der Waals surface area (Å²) in [5.41, 5.74) is 7.44. The molecule has 5 heteroatoms. The summed E-state index contributed by atoms with van der Waals surface area (Å²) in [6.45, 7) is 8.62. The Morgan fingerprint density at radius 3 is 1.64 bits per heavy atom. The minimum atomic E-state index is -0.660. The van der Waals surface area contributed by atoms with Crippen molar-refractivity contribution in [2.45, 2.75) is 50.5 Å². The molecule has 0 radical (unpaired) electrons. The predicted octanol–water partition coefficient (Wildman–Crippen LogP) is 10.4. The number of nitro benzene ring substituents is 1. The number of nitro groups is 1. The largest absolute Gasteiger partial charge is 0.302 e. The number of benzene rings is 6. The van der Waals surface area contributed by atoms with Crippen molar-refractivity contribution < 1.29 is 9.72 Å². The summed E-state index contributed by atoms with van der Waals surface area (Å²) in [7, 11) is 0. The fourth-order valence-corrected chi connectivity index (χ4v) is 8.25. The van der Waals surface area contributed by atoms with Gasteiger partial charge in [-0.1, -0.05) is 140 Å². The van der Waals surface area contributed by atoms with E-state index in [4.69, 9.17) is 0 Å². The van der Waals surface area contributed by atoms with Gasteiger partial charge in [-0.2, -0.15) is 0 Å². The summed E-state index contributed by atoms with van der Waals surface area (Å²) < 4.78 is 0. The summed E-state index contributed by atoms with van der Waals surface area (Å²) in [5, 5.41) is 11.4. The lowest BCUT2D eigenvalue weighted by atomic mass is 9.61. The first-order valence-electron chi connectivity index (χ1n) is 17.0. The molecule has 6 aromatic carbocycles. The Labute approximate surface area is 294 Å². The number of fused-ring (bicyclic) bond motifs is 1. The van der Waals surface area contributed by atoms with E-state index in [1.807, 2.05) is 4.90 Å². The molecule has 7 rings (SSSR count). The lowest BCUT2D eigenvalue weighted by Gasteiger charge is -2.52. The molecular formula is C45H40N2O3. The van der Waals surface area contributed by atoms with Gasteiger partial charge in [0, 0.05) is 34.3 Å². The van der Waals surface area contributed by atoms with E-state index in [1.165, 1.54) is 23.3 Å². The van der Waals surface area contributed by atoms with Crippen molar-refractivity contribution in [3.05, 3.63) is 212 Å². The van der Waals surface area contributed by atoms with Crippen molar-refractivity contribution >= 4 is 17.3 Å². The maximum Gasteiger partial charge on any atom is 0.269 e. The third-order valence-electron chi connectivity index (χ3n) is 10.5. The first-order valence-corrected chi connectivity index (χ1v) is 17.0. The fraction of sp³-hybridized carbons (Fsp3) is 0.178. The molecule has 0 unspecified atom stereocenters. The number of amides is 1. The average molecular weight is 657 g/mol. The van der Waals surface area contributed by atoms with Crippen molar-refractivity contribution in [2.24, 2.45) is 0 Å². The molecule has 0 aliphatic carbocycles. The van der Waals surface area contributed by atoms with Gasteiger partial charge < -0.3 is 4.90 Å². The summed E-state index contributed by atoms with van der Waals surface area (Å²) in [6, 6.07) is 53.2. The van der Waals surface area contributed by atoms with E-state index in [-0.39, 0.29) is 11.6 Å². The summed E-state index contributed by atoms with van der Waals surface area (Å²) in [5.74, 6) is -0.190. The maximum atomic E-state index is 14.6. The van der Waals surface area contributed by atoms with Crippen LogP contribution in [0.25, 0.3) is 0 Å². The Morgan fingerprint density at radius 1 is 0.660 bits per heavy atom. The second kappa shape index (κ2) is 12.6. The number of nitrogens with zero attached hydrogens (tertiary/aromatic N) is 2. The average Bonchev–Trinajstić information content (AvgIpc) is 3.13. The minimum Gasteiger partial charge on any atom is -0.302 e. The van der Waals surface area contributed by atoms with Crippen LogP contribution < -0.4 is 4.90 Å². The molecule has 0 saturated carbocycles. The number of rotatable bonds is 7. The highest BCUT2D eigenvalue weighted by molar-refractivity contribution is 6.08. The Hall–Kier alpha value is -5.81. The van der Waals surface area contributed by atoms with Crippen LogP contribution in [-0.2, 0) is 10.8 Å². The molecular weight excluding hydrogens is 617 g/mol. The number of hydrogen-bond acceptors (Lipinski definition) is 3. The maximum absolute atomic E-state index is 14.6. The molecule has 1 heterocycles. The molecule has 248 valence electrons. The Balaban J connectivity index is 1.53. The van der Waals surface area contributed by atoms with E-state index in [2.05, 4.69) is 161 Å². The topological polar surface area (TPSA) is 63.5 Å². The molecule has 0 N–H and O–H groups in total. The van der Waals surface area contributed by atoms with E-state index in [9.17, 15) is 14.9 Å². The third-order valence-corrected chi connectivity index (χ3v) is 10.5. The first-order chi connectivity index (χ1) is 24.1. The Bertz CT molecular complexity index is 2060. The fourth-order valence-electron chi connectivity index (χ4n) is 8.25. The number of aryl methyl sites for hydroxylation is 1. The summed E-state index contributed by atoms with van der Waals surface area (Å²) in [6.07, 6.45) is 0.660. The smallest absolute Gasteiger partial charge is 0.269 e. The standard InChI is InChI=1S/C45H40N2O3/c1-32-20-24-34(25-21-32)44(4)31-43(2,3)46(42(48)33-22-27-39(28-23-33)47(49)50)41-29-26-38(30-40(41)44)45(35-14-8-5-9-15-35,36-16-10-6-11-17-36)37-18-12-7-13-19-37/h5-30H,31H2,1-4H3/t44-/m0/s1. The highest BCUT2D eigenvalue weighted by Crippen LogP contribution is 2.54. The monoisotopic (exact) mass is 656 g/mol. The Morgan fingerprint density at radius 2 is 1.16 bits per heavy atom. The van der Waals surface area contributed by atoms with Crippen LogP contribution in [0.3, 0.4) is 0 Å². The van der Waals surface area contributed by atoms with Gasteiger partial charge in [0.25, 0.3) is 11.6 Å². The Kier molecular flexibility index (Phi) is 8.23. The van der Waals surface area contributed by atoms with E-state index in [0.717, 1.165) is 33.5 Å². The van der Waals surface area contributed by atoms with Gasteiger partial charge in [-0.05, 0) is 78.8 Å². The number of anilines is 1. The van der Waals surface area contributed by atoms with Crippen molar-refractivity contribution in [3.8, 4) is 0 Å². The molecule has 0 spiro atoms. The molecule has 50 heavy (non-hydrogen) atoms. The van der Waals surface area contributed by atoms with Crippen LogP contribution in [0.4, 0.5) is 11.4 Å². The molecule has 5 nitrogen and oxygen atoms in total. The summed E-state index contributed by atoms with van der Waals surface area (Å²) in [4.78, 5) is 27.4. The molecule has 1 aliphatic heterocycles. The van der Waals surface area contributed by atoms with Crippen molar-refractivity contribution in [1.29, 1.82) is 0 Å². The number of carbonyl (C=O) groups excluding carboxylic acids is 1. The van der Waals surface area contributed by atoms with E-state index >= 15 is 0 Å². The van der Waals surface area contributed by atoms with Gasteiger partial charge in [0.05, 0.1) is 10.3 Å².